The van der Waals surface area contributed by atoms with Gasteiger partial charge in [-0.3, -0.25) is 4.79 Å². The number of amides is 1. The van der Waals surface area contributed by atoms with E-state index in [1.165, 1.54) is 30.4 Å². The van der Waals surface area contributed by atoms with E-state index in [4.69, 9.17) is 4.74 Å². The van der Waals surface area contributed by atoms with E-state index in [-0.39, 0.29) is 12.0 Å². The van der Waals surface area contributed by atoms with Gasteiger partial charge in [0.25, 0.3) is 5.91 Å². The van der Waals surface area contributed by atoms with Crippen LogP contribution in [0.3, 0.4) is 0 Å². The Morgan fingerprint density at radius 3 is 2.57 bits per heavy atom. The maximum absolute atomic E-state index is 12.5. The molecule has 1 atom stereocenters. The highest BCUT2D eigenvalue weighted by Gasteiger charge is 2.26. The standard InChI is InChI=1S/C18H25NO2/c1-2-17(18(20)19-11-5-6-12-19)21-16-10-9-14-7-3-4-8-15(14)13-16/h9-10,13,17H,2-8,11-12H2,1H3. The highest BCUT2D eigenvalue weighted by molar-refractivity contribution is 5.81. The van der Waals surface area contributed by atoms with Crippen molar-refractivity contribution in [2.45, 2.75) is 58.0 Å². The number of aryl methyl sites for hydroxylation is 2. The summed E-state index contributed by atoms with van der Waals surface area (Å²) in [7, 11) is 0. The molecule has 0 saturated carbocycles. The van der Waals surface area contributed by atoms with Crippen LogP contribution in [0.2, 0.25) is 0 Å². The maximum atomic E-state index is 12.5. The number of carbonyl (C=O) groups excluding carboxylic acids is 1. The molecule has 114 valence electrons. The van der Waals surface area contributed by atoms with E-state index < -0.39 is 0 Å². The predicted molar refractivity (Wildman–Crippen MR) is 83.6 cm³/mol. The van der Waals surface area contributed by atoms with Crippen molar-refractivity contribution in [1.82, 2.24) is 4.90 Å². The zero-order valence-corrected chi connectivity index (χ0v) is 12.9. The van der Waals surface area contributed by atoms with Gasteiger partial charge in [-0.15, -0.1) is 0 Å². The maximum Gasteiger partial charge on any atom is 0.263 e. The summed E-state index contributed by atoms with van der Waals surface area (Å²) in [6.45, 7) is 3.81. The van der Waals surface area contributed by atoms with Crippen molar-refractivity contribution in [3.63, 3.8) is 0 Å². The summed E-state index contributed by atoms with van der Waals surface area (Å²) < 4.78 is 6.01. The molecule has 1 aromatic carbocycles. The number of carbonyl (C=O) groups is 1. The zero-order chi connectivity index (χ0) is 14.7. The summed E-state index contributed by atoms with van der Waals surface area (Å²) in [6, 6.07) is 6.36. The van der Waals surface area contributed by atoms with Crippen molar-refractivity contribution < 1.29 is 9.53 Å². The summed E-state index contributed by atoms with van der Waals surface area (Å²) in [4.78, 5) is 14.4. The van der Waals surface area contributed by atoms with Gasteiger partial charge in [0, 0.05) is 13.1 Å². The van der Waals surface area contributed by atoms with Gasteiger partial charge in [-0.1, -0.05) is 13.0 Å². The van der Waals surface area contributed by atoms with Gasteiger partial charge < -0.3 is 9.64 Å². The summed E-state index contributed by atoms with van der Waals surface area (Å²) in [5.74, 6) is 1.02. The molecular formula is C18H25NO2. The third-order valence-electron chi connectivity index (χ3n) is 4.66. The lowest BCUT2D eigenvalue weighted by molar-refractivity contribution is -0.137. The third-order valence-corrected chi connectivity index (χ3v) is 4.66. The van der Waals surface area contributed by atoms with Crippen LogP contribution in [0.4, 0.5) is 0 Å². The lowest BCUT2D eigenvalue weighted by Crippen LogP contribution is -2.40. The Kier molecular flexibility index (Phi) is 4.47. The van der Waals surface area contributed by atoms with Gasteiger partial charge in [-0.25, -0.2) is 0 Å². The molecule has 2 aliphatic rings. The number of rotatable bonds is 4. The minimum Gasteiger partial charge on any atom is -0.481 e. The Morgan fingerprint density at radius 2 is 1.86 bits per heavy atom. The second-order valence-electron chi connectivity index (χ2n) is 6.18. The molecule has 0 radical (unpaired) electrons. The van der Waals surface area contributed by atoms with Crippen molar-refractivity contribution in [2.75, 3.05) is 13.1 Å². The molecule has 0 bridgehead atoms. The number of hydrogen-bond acceptors (Lipinski definition) is 2. The van der Waals surface area contributed by atoms with Crippen LogP contribution in [0, 0.1) is 0 Å². The second kappa shape index (κ2) is 6.50. The molecule has 21 heavy (non-hydrogen) atoms. The van der Waals surface area contributed by atoms with E-state index in [0.29, 0.717) is 0 Å². The highest BCUT2D eigenvalue weighted by atomic mass is 16.5. The Balaban J connectivity index is 1.70. The summed E-state index contributed by atoms with van der Waals surface area (Å²) in [6.07, 6.45) is 7.53. The molecule has 3 heteroatoms. The first-order valence-corrected chi connectivity index (χ1v) is 8.35. The highest BCUT2D eigenvalue weighted by Crippen LogP contribution is 2.26. The van der Waals surface area contributed by atoms with Gasteiger partial charge in [-0.2, -0.15) is 0 Å². The average Bonchev–Trinajstić information content (AvgIpc) is 3.06. The van der Waals surface area contributed by atoms with E-state index in [0.717, 1.165) is 44.5 Å². The van der Waals surface area contributed by atoms with E-state index in [1.807, 2.05) is 17.9 Å². The largest absolute Gasteiger partial charge is 0.481 e. The van der Waals surface area contributed by atoms with Crippen LogP contribution in [-0.2, 0) is 17.6 Å². The van der Waals surface area contributed by atoms with E-state index >= 15 is 0 Å². The second-order valence-corrected chi connectivity index (χ2v) is 6.18. The smallest absolute Gasteiger partial charge is 0.263 e. The number of fused-ring (bicyclic) bond motifs is 1. The molecule has 0 aromatic heterocycles. The van der Waals surface area contributed by atoms with Crippen molar-refractivity contribution in [3.8, 4) is 5.75 Å². The molecule has 1 aliphatic carbocycles. The number of nitrogens with zero attached hydrogens (tertiary/aromatic N) is 1. The summed E-state index contributed by atoms with van der Waals surface area (Å²) in [5.41, 5.74) is 2.86. The number of hydrogen-bond donors (Lipinski definition) is 0. The van der Waals surface area contributed by atoms with E-state index in [1.54, 1.807) is 0 Å². The monoisotopic (exact) mass is 287 g/mol. The summed E-state index contributed by atoms with van der Waals surface area (Å²) >= 11 is 0. The molecule has 1 aromatic rings. The first-order chi connectivity index (χ1) is 10.3. The van der Waals surface area contributed by atoms with Crippen LogP contribution in [0.5, 0.6) is 5.75 Å². The normalized spacial score (nSPS) is 19.2. The van der Waals surface area contributed by atoms with Gasteiger partial charge in [0.1, 0.15) is 5.75 Å². The topological polar surface area (TPSA) is 29.5 Å². The average molecular weight is 287 g/mol. The van der Waals surface area contributed by atoms with Gasteiger partial charge >= 0.3 is 0 Å². The molecule has 1 fully saturated rings. The zero-order valence-electron chi connectivity index (χ0n) is 12.9. The van der Waals surface area contributed by atoms with Crippen molar-refractivity contribution >= 4 is 5.91 Å². The molecule has 1 heterocycles. The summed E-state index contributed by atoms with van der Waals surface area (Å²) in [5, 5.41) is 0. The molecule has 1 unspecified atom stereocenters. The SMILES string of the molecule is CCC(Oc1ccc2c(c1)CCCC2)C(=O)N1CCCC1. The predicted octanol–water partition coefficient (Wildman–Crippen LogP) is 3.35. The van der Waals surface area contributed by atoms with Crippen LogP contribution in [-0.4, -0.2) is 30.0 Å². The fourth-order valence-electron chi connectivity index (χ4n) is 3.40. The molecule has 3 nitrogen and oxygen atoms in total. The lowest BCUT2D eigenvalue weighted by Gasteiger charge is -2.24. The van der Waals surface area contributed by atoms with Crippen LogP contribution >= 0.6 is 0 Å². The molecule has 0 N–H and O–H groups in total. The van der Waals surface area contributed by atoms with Gasteiger partial charge in [0.15, 0.2) is 6.10 Å². The molecule has 1 saturated heterocycles. The molecule has 1 amide bonds. The minimum atomic E-state index is -0.329. The third kappa shape index (κ3) is 3.22. The number of likely N-dealkylation sites (tertiary alicyclic amines) is 1. The van der Waals surface area contributed by atoms with Crippen molar-refractivity contribution in [2.24, 2.45) is 0 Å². The van der Waals surface area contributed by atoms with Crippen LogP contribution in [0.15, 0.2) is 18.2 Å². The lowest BCUT2D eigenvalue weighted by atomic mass is 9.92. The minimum absolute atomic E-state index is 0.160. The number of benzene rings is 1. The Labute approximate surface area is 127 Å². The van der Waals surface area contributed by atoms with Gasteiger partial charge in [-0.05, 0) is 68.2 Å². The molecule has 0 spiro atoms. The van der Waals surface area contributed by atoms with E-state index in [2.05, 4.69) is 12.1 Å². The first-order valence-electron chi connectivity index (χ1n) is 8.35. The number of ether oxygens (including phenoxy) is 1. The van der Waals surface area contributed by atoms with Crippen LogP contribution in [0.25, 0.3) is 0 Å². The molecule has 1 aliphatic heterocycles. The first kappa shape index (κ1) is 14.4. The molecule has 3 rings (SSSR count). The Hall–Kier alpha value is -1.51. The van der Waals surface area contributed by atoms with Crippen LogP contribution in [0.1, 0.15) is 50.2 Å². The van der Waals surface area contributed by atoms with Crippen molar-refractivity contribution in [1.29, 1.82) is 0 Å². The van der Waals surface area contributed by atoms with Crippen molar-refractivity contribution in [3.05, 3.63) is 29.3 Å². The Morgan fingerprint density at radius 1 is 1.14 bits per heavy atom. The molecular weight excluding hydrogens is 262 g/mol. The quantitative estimate of drug-likeness (QED) is 0.850. The Bertz CT molecular complexity index is 506. The van der Waals surface area contributed by atoms with E-state index in [9.17, 15) is 4.79 Å². The fourth-order valence-corrected chi connectivity index (χ4v) is 3.40. The van der Waals surface area contributed by atoms with Gasteiger partial charge in [0.05, 0.1) is 0 Å². The van der Waals surface area contributed by atoms with Crippen LogP contribution < -0.4 is 4.74 Å². The fraction of sp³-hybridized carbons (Fsp3) is 0.611. The van der Waals surface area contributed by atoms with Gasteiger partial charge in [0.2, 0.25) is 0 Å².